The molecule has 0 fully saturated rings. The molecule has 2 N–H and O–H groups in total. The van der Waals surface area contributed by atoms with E-state index in [1.807, 2.05) is 24.3 Å². The number of hydrogen-bond donors (Lipinski definition) is 2. The van der Waals surface area contributed by atoms with Crippen molar-refractivity contribution in [2.24, 2.45) is 0 Å². The summed E-state index contributed by atoms with van der Waals surface area (Å²) in [7, 11) is 0. The molecule has 1 aromatic rings. The minimum Gasteiger partial charge on any atom is -0.381 e. The van der Waals surface area contributed by atoms with Crippen LogP contribution in [0.25, 0.3) is 0 Å². The molecule has 0 aromatic heterocycles. The van der Waals surface area contributed by atoms with Gasteiger partial charge in [-0.2, -0.15) is 0 Å². The molecule has 3 nitrogen and oxygen atoms in total. The lowest BCUT2D eigenvalue weighted by atomic mass is 10.1. The number of benzene rings is 1. The van der Waals surface area contributed by atoms with Gasteiger partial charge >= 0.3 is 0 Å². The summed E-state index contributed by atoms with van der Waals surface area (Å²) in [5.41, 5.74) is -0.649. The van der Waals surface area contributed by atoms with E-state index in [1.54, 1.807) is 11.8 Å². The van der Waals surface area contributed by atoms with E-state index in [4.69, 9.17) is 0 Å². The summed E-state index contributed by atoms with van der Waals surface area (Å²) in [6.07, 6.45) is 0. The number of hydrogen-bond acceptors (Lipinski definition) is 3. The first-order valence-corrected chi connectivity index (χ1v) is 6.18. The monoisotopic (exact) mass is 239 g/mol. The molecule has 0 atom stereocenters. The van der Waals surface area contributed by atoms with Crippen molar-refractivity contribution in [3.63, 3.8) is 0 Å². The zero-order chi connectivity index (χ0) is 12.2. The van der Waals surface area contributed by atoms with Crippen LogP contribution >= 0.6 is 11.8 Å². The van der Waals surface area contributed by atoms with Gasteiger partial charge in [0.2, 0.25) is 0 Å². The molecule has 0 spiro atoms. The van der Waals surface area contributed by atoms with Crippen LogP contribution in [0.5, 0.6) is 0 Å². The maximum Gasteiger partial charge on any atom is 0.255 e. The molecule has 0 aliphatic carbocycles. The molecule has 1 rings (SSSR count). The Labute approximate surface area is 100 Å². The van der Waals surface area contributed by atoms with E-state index in [0.717, 1.165) is 5.75 Å². The third kappa shape index (κ3) is 3.87. The molecule has 0 saturated heterocycles. The van der Waals surface area contributed by atoms with Gasteiger partial charge in [0.1, 0.15) is 5.60 Å². The number of aliphatic hydroxyl groups is 1. The Kier molecular flexibility index (Phi) is 4.38. The van der Waals surface area contributed by atoms with Crippen molar-refractivity contribution in [1.29, 1.82) is 0 Å². The Bertz CT molecular complexity index is 354. The van der Waals surface area contributed by atoms with E-state index < -0.39 is 11.5 Å². The van der Waals surface area contributed by atoms with Gasteiger partial charge in [0.15, 0.2) is 0 Å². The molecule has 4 heteroatoms. The molecule has 1 amide bonds. The number of carbonyl (C=O) groups excluding carboxylic acids is 1. The van der Waals surface area contributed by atoms with Crippen LogP contribution in [0.3, 0.4) is 0 Å². The Morgan fingerprint density at radius 3 is 2.38 bits per heavy atom. The molecule has 0 saturated carbocycles. The number of nitrogens with one attached hydrogen (secondary N) is 1. The first-order chi connectivity index (χ1) is 7.43. The van der Waals surface area contributed by atoms with Gasteiger partial charge in [-0.05, 0) is 43.9 Å². The summed E-state index contributed by atoms with van der Waals surface area (Å²) in [5, 5.41) is 12.1. The summed E-state index contributed by atoms with van der Waals surface area (Å²) in [5.74, 6) is 0.624. The SMILES string of the molecule is CCSc1ccc(NC(=O)C(C)(C)O)cc1. The Morgan fingerprint density at radius 1 is 1.38 bits per heavy atom. The number of anilines is 1. The molecule has 0 radical (unpaired) electrons. The summed E-state index contributed by atoms with van der Waals surface area (Å²) in [6.45, 7) is 5.02. The average molecular weight is 239 g/mol. The summed E-state index contributed by atoms with van der Waals surface area (Å²) in [6, 6.07) is 7.57. The second-order valence-electron chi connectivity index (χ2n) is 3.97. The van der Waals surface area contributed by atoms with Crippen molar-refractivity contribution in [2.75, 3.05) is 11.1 Å². The number of rotatable bonds is 4. The highest BCUT2D eigenvalue weighted by atomic mass is 32.2. The largest absolute Gasteiger partial charge is 0.381 e. The summed E-state index contributed by atoms with van der Waals surface area (Å²) in [4.78, 5) is 12.6. The molecular weight excluding hydrogens is 222 g/mol. The second kappa shape index (κ2) is 5.37. The Balaban J connectivity index is 2.65. The van der Waals surface area contributed by atoms with Crippen molar-refractivity contribution in [3.05, 3.63) is 24.3 Å². The molecule has 0 heterocycles. The van der Waals surface area contributed by atoms with E-state index in [1.165, 1.54) is 18.7 Å². The van der Waals surface area contributed by atoms with Crippen molar-refractivity contribution in [3.8, 4) is 0 Å². The Morgan fingerprint density at radius 2 is 1.94 bits per heavy atom. The van der Waals surface area contributed by atoms with Gasteiger partial charge in [-0.15, -0.1) is 11.8 Å². The fourth-order valence-corrected chi connectivity index (χ4v) is 1.75. The third-order valence-corrected chi connectivity index (χ3v) is 2.87. The highest BCUT2D eigenvalue weighted by molar-refractivity contribution is 7.99. The number of amides is 1. The van der Waals surface area contributed by atoms with Crippen LogP contribution in [-0.2, 0) is 4.79 Å². The Hall–Kier alpha value is -1.00. The quantitative estimate of drug-likeness (QED) is 0.794. The summed E-state index contributed by atoms with van der Waals surface area (Å²) >= 11 is 1.75. The molecule has 0 bridgehead atoms. The first kappa shape index (κ1) is 13.1. The molecule has 88 valence electrons. The second-order valence-corrected chi connectivity index (χ2v) is 5.31. The van der Waals surface area contributed by atoms with Gasteiger partial charge in [-0.1, -0.05) is 6.92 Å². The number of carbonyl (C=O) groups is 1. The van der Waals surface area contributed by atoms with Crippen LogP contribution in [0.2, 0.25) is 0 Å². The van der Waals surface area contributed by atoms with E-state index in [0.29, 0.717) is 5.69 Å². The van der Waals surface area contributed by atoms with Crippen LogP contribution in [0.1, 0.15) is 20.8 Å². The van der Waals surface area contributed by atoms with Gasteiger partial charge in [0.25, 0.3) is 5.91 Å². The minimum absolute atomic E-state index is 0.400. The molecule has 0 unspecified atom stereocenters. The van der Waals surface area contributed by atoms with Gasteiger partial charge in [0, 0.05) is 10.6 Å². The van der Waals surface area contributed by atoms with Crippen LogP contribution in [0.4, 0.5) is 5.69 Å². The van der Waals surface area contributed by atoms with E-state index >= 15 is 0 Å². The summed E-state index contributed by atoms with van der Waals surface area (Å²) < 4.78 is 0. The van der Waals surface area contributed by atoms with Crippen molar-refractivity contribution in [1.82, 2.24) is 0 Å². The van der Waals surface area contributed by atoms with Gasteiger partial charge in [-0.25, -0.2) is 0 Å². The fraction of sp³-hybridized carbons (Fsp3) is 0.417. The first-order valence-electron chi connectivity index (χ1n) is 5.20. The zero-order valence-electron chi connectivity index (χ0n) is 9.78. The van der Waals surface area contributed by atoms with Crippen LogP contribution in [-0.4, -0.2) is 22.4 Å². The third-order valence-electron chi connectivity index (χ3n) is 1.98. The highest BCUT2D eigenvalue weighted by Crippen LogP contribution is 2.20. The van der Waals surface area contributed by atoms with Gasteiger partial charge < -0.3 is 10.4 Å². The van der Waals surface area contributed by atoms with Crippen molar-refractivity contribution >= 4 is 23.4 Å². The topological polar surface area (TPSA) is 49.3 Å². The minimum atomic E-state index is -1.35. The zero-order valence-corrected chi connectivity index (χ0v) is 10.6. The van der Waals surface area contributed by atoms with Crippen molar-refractivity contribution in [2.45, 2.75) is 31.3 Å². The van der Waals surface area contributed by atoms with Gasteiger partial charge in [0.05, 0.1) is 0 Å². The van der Waals surface area contributed by atoms with Crippen LogP contribution < -0.4 is 5.32 Å². The van der Waals surface area contributed by atoms with E-state index in [2.05, 4.69) is 12.2 Å². The predicted molar refractivity (Wildman–Crippen MR) is 67.8 cm³/mol. The lowest BCUT2D eigenvalue weighted by molar-refractivity contribution is -0.130. The lowest BCUT2D eigenvalue weighted by Gasteiger charge is -2.16. The number of thioether (sulfide) groups is 1. The fourth-order valence-electron chi connectivity index (χ4n) is 1.09. The lowest BCUT2D eigenvalue weighted by Crippen LogP contribution is -2.36. The molecule has 0 aliphatic rings. The standard InChI is InChI=1S/C12H17NO2S/c1-4-16-10-7-5-9(6-8-10)13-11(14)12(2,3)15/h5-8,15H,4H2,1-3H3,(H,13,14). The molecule has 0 aliphatic heterocycles. The van der Waals surface area contributed by atoms with E-state index in [9.17, 15) is 9.90 Å². The normalized spacial score (nSPS) is 11.2. The maximum atomic E-state index is 11.5. The van der Waals surface area contributed by atoms with E-state index in [-0.39, 0.29) is 0 Å². The smallest absolute Gasteiger partial charge is 0.255 e. The van der Waals surface area contributed by atoms with Gasteiger partial charge in [-0.3, -0.25) is 4.79 Å². The van der Waals surface area contributed by atoms with Crippen molar-refractivity contribution < 1.29 is 9.90 Å². The van der Waals surface area contributed by atoms with Crippen LogP contribution in [0, 0.1) is 0 Å². The predicted octanol–water partition coefficient (Wildman–Crippen LogP) is 2.51. The highest BCUT2D eigenvalue weighted by Gasteiger charge is 2.23. The molecule has 16 heavy (non-hydrogen) atoms. The molecular formula is C12H17NO2S. The average Bonchev–Trinajstić information content (AvgIpc) is 2.20. The van der Waals surface area contributed by atoms with Crippen LogP contribution in [0.15, 0.2) is 29.2 Å². The maximum absolute atomic E-state index is 11.5. The molecule has 1 aromatic carbocycles.